The molecular formula is C22H22Cl2N4. The van der Waals surface area contributed by atoms with Gasteiger partial charge in [0.15, 0.2) is 0 Å². The van der Waals surface area contributed by atoms with Crippen LogP contribution < -0.4 is 10.6 Å². The summed E-state index contributed by atoms with van der Waals surface area (Å²) in [6, 6.07) is 17.8. The van der Waals surface area contributed by atoms with Gasteiger partial charge in [-0.2, -0.15) is 4.98 Å². The molecule has 4 rings (SSSR count). The van der Waals surface area contributed by atoms with Gasteiger partial charge >= 0.3 is 0 Å². The van der Waals surface area contributed by atoms with E-state index in [0.717, 1.165) is 29.8 Å². The van der Waals surface area contributed by atoms with Gasteiger partial charge in [0, 0.05) is 22.7 Å². The van der Waals surface area contributed by atoms with E-state index in [4.69, 9.17) is 28.2 Å². The lowest BCUT2D eigenvalue weighted by atomic mass is 9.96. The Balaban J connectivity index is 1.66. The minimum absolute atomic E-state index is 0.423. The Morgan fingerprint density at radius 2 is 1.64 bits per heavy atom. The van der Waals surface area contributed by atoms with Crippen molar-refractivity contribution in [1.29, 1.82) is 0 Å². The molecule has 1 aromatic heterocycles. The van der Waals surface area contributed by atoms with Crippen molar-refractivity contribution in [2.75, 3.05) is 10.6 Å². The minimum atomic E-state index is 0.423. The largest absolute Gasteiger partial charge is 0.351 e. The summed E-state index contributed by atoms with van der Waals surface area (Å²) in [5.41, 5.74) is 2.66. The first-order chi connectivity index (χ1) is 13.7. The summed E-state index contributed by atoms with van der Waals surface area (Å²) in [5.74, 6) is 1.33. The van der Waals surface area contributed by atoms with Crippen LogP contribution in [0.15, 0.2) is 54.6 Å². The zero-order valence-electron chi connectivity index (χ0n) is 15.5. The molecule has 1 aliphatic rings. The maximum Gasteiger partial charge on any atom is 0.225 e. The maximum absolute atomic E-state index is 6.33. The highest BCUT2D eigenvalue weighted by Gasteiger charge is 2.16. The van der Waals surface area contributed by atoms with Crippen LogP contribution in [-0.4, -0.2) is 16.0 Å². The van der Waals surface area contributed by atoms with Gasteiger partial charge in [-0.3, -0.25) is 0 Å². The van der Waals surface area contributed by atoms with Crippen molar-refractivity contribution < 1.29 is 0 Å². The Morgan fingerprint density at radius 1 is 0.857 bits per heavy atom. The van der Waals surface area contributed by atoms with Gasteiger partial charge in [-0.25, -0.2) is 4.98 Å². The van der Waals surface area contributed by atoms with E-state index in [-0.39, 0.29) is 0 Å². The summed E-state index contributed by atoms with van der Waals surface area (Å²) < 4.78 is 0. The third-order valence-corrected chi connectivity index (χ3v) is 5.48. The van der Waals surface area contributed by atoms with Crippen LogP contribution in [0.4, 0.5) is 17.5 Å². The highest BCUT2D eigenvalue weighted by atomic mass is 35.5. The van der Waals surface area contributed by atoms with E-state index < -0.39 is 0 Å². The Hall–Kier alpha value is -2.30. The normalized spacial score (nSPS) is 14.6. The molecule has 0 bridgehead atoms. The zero-order chi connectivity index (χ0) is 19.3. The van der Waals surface area contributed by atoms with E-state index in [1.807, 2.05) is 42.5 Å². The number of nitrogens with zero attached hydrogens (tertiary/aromatic N) is 2. The number of benzene rings is 2. The van der Waals surface area contributed by atoms with Gasteiger partial charge in [-0.05, 0) is 31.0 Å². The lowest BCUT2D eigenvalue weighted by Gasteiger charge is -2.23. The second-order valence-corrected chi connectivity index (χ2v) is 7.90. The molecule has 1 fully saturated rings. The van der Waals surface area contributed by atoms with E-state index in [2.05, 4.69) is 15.6 Å². The molecule has 0 saturated heterocycles. The predicted molar refractivity (Wildman–Crippen MR) is 118 cm³/mol. The van der Waals surface area contributed by atoms with E-state index in [1.165, 1.54) is 19.3 Å². The van der Waals surface area contributed by atoms with Gasteiger partial charge in [0.25, 0.3) is 0 Å². The summed E-state index contributed by atoms with van der Waals surface area (Å²) >= 11 is 12.3. The van der Waals surface area contributed by atoms with Crippen LogP contribution in [0.25, 0.3) is 11.3 Å². The number of aromatic nitrogens is 2. The molecule has 2 N–H and O–H groups in total. The molecule has 144 valence electrons. The number of rotatable bonds is 5. The van der Waals surface area contributed by atoms with E-state index in [9.17, 15) is 0 Å². The van der Waals surface area contributed by atoms with Crippen molar-refractivity contribution in [3.05, 3.63) is 64.6 Å². The standard InChI is InChI=1S/C22H22Cl2N4/c23-16-11-12-19(18(24)13-16)26-21-14-20(15-7-3-1-4-8-15)27-22(28-21)25-17-9-5-2-6-10-17/h1,3-4,7-8,11-14,17H,2,5-6,9-10H2,(H2,25,26,27,28). The van der Waals surface area contributed by atoms with Gasteiger partial charge < -0.3 is 10.6 Å². The Labute approximate surface area is 175 Å². The summed E-state index contributed by atoms with van der Waals surface area (Å²) in [7, 11) is 0. The molecule has 1 saturated carbocycles. The fraction of sp³-hybridized carbons (Fsp3) is 0.273. The van der Waals surface area contributed by atoms with Crippen molar-refractivity contribution in [2.24, 2.45) is 0 Å². The molecule has 6 heteroatoms. The first kappa shape index (κ1) is 19.0. The van der Waals surface area contributed by atoms with Crippen LogP contribution in [0.2, 0.25) is 10.0 Å². The van der Waals surface area contributed by atoms with Crippen LogP contribution in [0.5, 0.6) is 0 Å². The Morgan fingerprint density at radius 3 is 2.39 bits per heavy atom. The van der Waals surface area contributed by atoms with Crippen LogP contribution in [0.1, 0.15) is 32.1 Å². The summed E-state index contributed by atoms with van der Waals surface area (Å²) in [5, 5.41) is 7.98. The number of anilines is 3. The monoisotopic (exact) mass is 412 g/mol. The number of hydrogen-bond acceptors (Lipinski definition) is 4. The van der Waals surface area contributed by atoms with Crippen molar-refractivity contribution in [2.45, 2.75) is 38.1 Å². The maximum atomic E-state index is 6.33. The van der Waals surface area contributed by atoms with E-state index in [0.29, 0.717) is 27.9 Å². The molecule has 0 unspecified atom stereocenters. The SMILES string of the molecule is Clc1ccc(Nc2cc(-c3ccccc3)nc(NC3CCCCC3)n2)c(Cl)c1. The molecule has 4 nitrogen and oxygen atoms in total. The van der Waals surface area contributed by atoms with Crippen molar-refractivity contribution in [3.63, 3.8) is 0 Å². The smallest absolute Gasteiger partial charge is 0.225 e. The minimum Gasteiger partial charge on any atom is -0.351 e. The summed E-state index contributed by atoms with van der Waals surface area (Å²) in [6.07, 6.45) is 6.13. The second-order valence-electron chi connectivity index (χ2n) is 7.06. The summed E-state index contributed by atoms with van der Waals surface area (Å²) in [6.45, 7) is 0. The number of hydrogen-bond donors (Lipinski definition) is 2. The summed E-state index contributed by atoms with van der Waals surface area (Å²) in [4.78, 5) is 9.45. The highest BCUT2D eigenvalue weighted by Crippen LogP contribution is 2.30. The fourth-order valence-corrected chi connectivity index (χ4v) is 3.95. The molecule has 0 radical (unpaired) electrons. The van der Waals surface area contributed by atoms with Crippen LogP contribution in [0.3, 0.4) is 0 Å². The van der Waals surface area contributed by atoms with Crippen molar-refractivity contribution in [1.82, 2.24) is 9.97 Å². The molecule has 1 heterocycles. The highest BCUT2D eigenvalue weighted by molar-refractivity contribution is 6.36. The van der Waals surface area contributed by atoms with Crippen LogP contribution >= 0.6 is 23.2 Å². The van der Waals surface area contributed by atoms with Gasteiger partial charge in [-0.1, -0.05) is 72.8 Å². The van der Waals surface area contributed by atoms with Gasteiger partial charge in [-0.15, -0.1) is 0 Å². The molecule has 1 aliphatic carbocycles. The predicted octanol–water partition coefficient (Wildman–Crippen LogP) is 6.94. The zero-order valence-corrected chi connectivity index (χ0v) is 17.0. The third-order valence-electron chi connectivity index (χ3n) is 4.93. The van der Waals surface area contributed by atoms with E-state index >= 15 is 0 Å². The Bertz CT molecular complexity index is 941. The first-order valence-corrected chi connectivity index (χ1v) is 10.4. The topological polar surface area (TPSA) is 49.8 Å². The lowest BCUT2D eigenvalue weighted by molar-refractivity contribution is 0.461. The second kappa shape index (κ2) is 8.80. The average molecular weight is 413 g/mol. The molecule has 0 amide bonds. The molecule has 28 heavy (non-hydrogen) atoms. The van der Waals surface area contributed by atoms with Crippen LogP contribution in [0, 0.1) is 0 Å². The quantitative estimate of drug-likeness (QED) is 0.476. The van der Waals surface area contributed by atoms with E-state index in [1.54, 1.807) is 12.1 Å². The molecule has 0 spiro atoms. The van der Waals surface area contributed by atoms with Crippen LogP contribution in [-0.2, 0) is 0 Å². The van der Waals surface area contributed by atoms with Crippen molar-refractivity contribution >= 4 is 40.7 Å². The molecule has 0 aliphatic heterocycles. The average Bonchev–Trinajstić information content (AvgIpc) is 2.71. The third kappa shape index (κ3) is 4.75. The lowest BCUT2D eigenvalue weighted by Crippen LogP contribution is -2.23. The van der Waals surface area contributed by atoms with Gasteiger partial charge in [0.05, 0.1) is 16.4 Å². The molecule has 3 aromatic rings. The molecule has 0 atom stereocenters. The molecule has 2 aromatic carbocycles. The number of nitrogens with one attached hydrogen (secondary N) is 2. The first-order valence-electron chi connectivity index (χ1n) is 9.60. The fourth-order valence-electron chi connectivity index (χ4n) is 3.49. The Kier molecular flexibility index (Phi) is 5.98. The van der Waals surface area contributed by atoms with Gasteiger partial charge in [0.2, 0.25) is 5.95 Å². The van der Waals surface area contributed by atoms with Gasteiger partial charge in [0.1, 0.15) is 5.82 Å². The number of halogens is 2. The molecular weight excluding hydrogens is 391 g/mol. The van der Waals surface area contributed by atoms with Crippen molar-refractivity contribution in [3.8, 4) is 11.3 Å².